The molecule has 3 nitrogen and oxygen atoms in total. The van der Waals surface area contributed by atoms with Gasteiger partial charge in [0.15, 0.2) is 0 Å². The van der Waals surface area contributed by atoms with Crippen LogP contribution in [0.2, 0.25) is 0 Å². The molecule has 0 radical (unpaired) electrons. The number of fused-ring (bicyclic) bond motifs is 6. The van der Waals surface area contributed by atoms with Gasteiger partial charge >= 0.3 is 0 Å². The van der Waals surface area contributed by atoms with Crippen molar-refractivity contribution in [1.82, 2.24) is 0 Å². The molecule has 0 unspecified atom stereocenters. The lowest BCUT2D eigenvalue weighted by Gasteiger charge is -2.33. The minimum absolute atomic E-state index is 0.0590. The highest BCUT2D eigenvalue weighted by atomic mass is 16.5. The van der Waals surface area contributed by atoms with E-state index >= 15 is 0 Å². The van der Waals surface area contributed by atoms with Crippen molar-refractivity contribution in [2.45, 2.75) is 6.92 Å². The number of para-hydroxylation sites is 4. The summed E-state index contributed by atoms with van der Waals surface area (Å²) in [5, 5.41) is 0. The van der Waals surface area contributed by atoms with Crippen LogP contribution < -0.4 is 47.0 Å². The summed E-state index contributed by atoms with van der Waals surface area (Å²) >= 11 is 0. The molecule has 0 amide bonds. The van der Waals surface area contributed by atoms with Crippen LogP contribution in [0.25, 0.3) is 11.1 Å². The monoisotopic (exact) mass is 559 g/mol. The van der Waals surface area contributed by atoms with E-state index in [1.54, 1.807) is 0 Å². The first-order valence-electron chi connectivity index (χ1n) is 23.2. The lowest BCUT2D eigenvalue weighted by Crippen LogP contribution is -2.57. The number of hydrogen-bond donors (Lipinski definition) is 0. The molecule has 0 atom stereocenters. The van der Waals surface area contributed by atoms with Gasteiger partial charge in [0.1, 0.15) is 34.5 Å². The van der Waals surface area contributed by atoms with Crippen LogP contribution in [0.5, 0.6) is 34.5 Å². The molecular weight excluding hydrogens is 514 g/mol. The largest absolute Gasteiger partial charge is 0.458 e. The Balaban J connectivity index is 1.48. The van der Waals surface area contributed by atoms with E-state index in [0.717, 1.165) is 0 Å². The summed E-state index contributed by atoms with van der Waals surface area (Å²) in [4.78, 5) is 0. The van der Waals surface area contributed by atoms with Crippen molar-refractivity contribution in [3.8, 4) is 45.6 Å². The third kappa shape index (κ3) is 3.37. The van der Waals surface area contributed by atoms with Crippen molar-refractivity contribution in [2.75, 3.05) is 0 Å². The Labute approximate surface area is 275 Å². The fraction of sp³-hybridized carbons (Fsp3) is 0.0270. The second kappa shape index (κ2) is 8.92. The lowest BCUT2D eigenvalue weighted by molar-refractivity contribution is 0.465. The zero-order chi connectivity index (χ0) is 46.1. The molecule has 3 aliphatic heterocycles. The molecule has 9 rings (SSSR count). The zero-order valence-corrected chi connectivity index (χ0v) is 21.4. The van der Waals surface area contributed by atoms with E-state index in [0.29, 0.717) is 0 Å². The Morgan fingerprint density at radius 2 is 0.976 bits per heavy atom. The summed E-state index contributed by atoms with van der Waals surface area (Å²) in [5.41, 5.74) is -3.62. The quantitative estimate of drug-likeness (QED) is 0.279. The summed E-state index contributed by atoms with van der Waals surface area (Å²) in [6.45, 7) is -2.07. The Morgan fingerprint density at radius 1 is 0.476 bits per heavy atom. The highest BCUT2D eigenvalue weighted by Crippen LogP contribution is 2.38. The van der Waals surface area contributed by atoms with E-state index in [4.69, 9.17) is 37.5 Å². The molecule has 3 aliphatic rings. The predicted molar refractivity (Wildman–Crippen MR) is 172 cm³/mol. The van der Waals surface area contributed by atoms with Crippen molar-refractivity contribution in [3.63, 3.8) is 0 Å². The predicted octanol–water partition coefficient (Wildman–Crippen LogP) is 5.01. The molecule has 6 aromatic rings. The van der Waals surface area contributed by atoms with Gasteiger partial charge in [0.2, 0.25) is 0 Å². The van der Waals surface area contributed by atoms with Crippen LogP contribution >= 0.6 is 0 Å². The molecule has 6 aromatic carbocycles. The van der Waals surface area contributed by atoms with Crippen LogP contribution in [-0.2, 0) is 0 Å². The third-order valence-electron chi connectivity index (χ3n) is 7.35. The maximum atomic E-state index is 9.74. The minimum Gasteiger partial charge on any atom is -0.458 e. The standard InChI is InChI=1S/C37H24B2O3/c1-23-11-10-17-30-37(23)42-33-20-9-4-14-27(33)38(30)26-13-3-2-12-25(26)24-21-34-36-35(22-24)41-32-19-8-6-16-29(32)39(36)28-15-5-7-18-31(28)40-34/h2-22H,1H3/i2D,3D,4D,5D,6D,7D,8D,9D,10D,11D,12D,13D,14D,15D,16D,17D,18D,19D,20D,21D,22D. The summed E-state index contributed by atoms with van der Waals surface area (Å²) in [6, 6.07) is -15.9. The van der Waals surface area contributed by atoms with Gasteiger partial charge in [-0.3, -0.25) is 0 Å². The molecule has 3 heterocycles. The lowest BCUT2D eigenvalue weighted by atomic mass is 9.34. The molecule has 42 heavy (non-hydrogen) atoms. The van der Waals surface area contributed by atoms with Crippen LogP contribution in [-0.4, -0.2) is 13.4 Å². The first kappa shape index (κ1) is 10.9. The van der Waals surface area contributed by atoms with E-state index in [1.807, 2.05) is 0 Å². The van der Waals surface area contributed by atoms with E-state index in [1.165, 1.54) is 6.92 Å². The van der Waals surface area contributed by atoms with Gasteiger partial charge in [0.25, 0.3) is 13.4 Å². The van der Waals surface area contributed by atoms with Crippen LogP contribution in [0.1, 0.15) is 34.3 Å². The number of benzene rings is 6. The molecule has 5 heteroatoms. The van der Waals surface area contributed by atoms with Gasteiger partial charge < -0.3 is 14.2 Å². The zero-order valence-electron chi connectivity index (χ0n) is 42.4. The molecule has 0 fully saturated rings. The summed E-state index contributed by atoms with van der Waals surface area (Å²) < 4.78 is 205. The van der Waals surface area contributed by atoms with Crippen molar-refractivity contribution >= 4 is 46.2 Å². The average Bonchev–Trinajstić information content (AvgIpc) is 3.27. The SMILES string of the molecule is [2H]c1c([2H])c([2H])c2c(c1[2H])Oc1c([2H])c(-c3c([2H])c([2H])c([2H])c([2H])c3B3c4c([2H])c([2H])c([2H])c([2H])c4Oc4c(C)c([2H])c([2H])c([2H])c43)c([2H])c3c1B2c1c([2H])c([2H])c([2H])c([2H])c1O3. The Morgan fingerprint density at radius 3 is 1.62 bits per heavy atom. The van der Waals surface area contributed by atoms with E-state index in [2.05, 4.69) is 0 Å². The molecule has 0 N–H and O–H groups in total. The number of rotatable bonds is 2. The molecule has 0 aromatic heterocycles. The third-order valence-corrected chi connectivity index (χ3v) is 7.35. The van der Waals surface area contributed by atoms with Gasteiger partial charge in [0, 0.05) is 5.46 Å². The molecule has 0 saturated carbocycles. The smallest absolute Gasteiger partial charge is 0.260 e. The average molecular weight is 559 g/mol. The van der Waals surface area contributed by atoms with Crippen LogP contribution in [0, 0.1) is 6.92 Å². The first-order valence-corrected chi connectivity index (χ1v) is 12.7. The molecule has 0 bridgehead atoms. The molecular formula is C37H24B2O3. The van der Waals surface area contributed by atoms with Crippen molar-refractivity contribution in [3.05, 3.63) is 132 Å². The number of ether oxygens (including phenoxy) is 3. The summed E-state index contributed by atoms with van der Waals surface area (Å²) in [5.74, 6) is -3.10. The van der Waals surface area contributed by atoms with Gasteiger partial charge in [-0.25, -0.2) is 0 Å². The maximum Gasteiger partial charge on any atom is 0.260 e. The highest BCUT2D eigenvalue weighted by molar-refractivity contribution is 6.98. The maximum absolute atomic E-state index is 9.74. The second-order valence-corrected chi connectivity index (χ2v) is 9.63. The first-order chi connectivity index (χ1) is 29.5. The molecule has 0 saturated heterocycles. The summed E-state index contributed by atoms with van der Waals surface area (Å²) in [6.07, 6.45) is 0. The molecule has 196 valence electrons. The van der Waals surface area contributed by atoms with Gasteiger partial charge in [-0.1, -0.05) is 102 Å². The Hall–Kier alpha value is -5.15. The molecule has 0 spiro atoms. The van der Waals surface area contributed by atoms with Gasteiger partial charge in [-0.2, -0.15) is 0 Å². The van der Waals surface area contributed by atoms with Crippen LogP contribution in [0.15, 0.2) is 127 Å². The molecule has 0 aliphatic carbocycles. The fourth-order valence-electron chi connectivity index (χ4n) is 5.58. The van der Waals surface area contributed by atoms with Gasteiger partial charge in [0.05, 0.1) is 28.8 Å². The summed E-state index contributed by atoms with van der Waals surface area (Å²) in [7, 11) is 0. The Kier molecular flexibility index (Phi) is 2.32. The van der Waals surface area contributed by atoms with E-state index in [-0.39, 0.29) is 33.2 Å². The van der Waals surface area contributed by atoms with Crippen molar-refractivity contribution in [1.29, 1.82) is 0 Å². The topological polar surface area (TPSA) is 27.7 Å². The van der Waals surface area contributed by atoms with Crippen LogP contribution in [0.4, 0.5) is 0 Å². The minimum atomic E-state index is -1.85. The van der Waals surface area contributed by atoms with E-state index < -0.39 is 191 Å². The number of hydrogen-bond acceptors (Lipinski definition) is 3. The van der Waals surface area contributed by atoms with Crippen molar-refractivity contribution in [2.24, 2.45) is 0 Å². The Bertz CT molecular complexity index is 3040. The second-order valence-electron chi connectivity index (χ2n) is 9.63. The van der Waals surface area contributed by atoms with Gasteiger partial charge in [-0.15, -0.1) is 0 Å². The van der Waals surface area contributed by atoms with Crippen molar-refractivity contribution < 1.29 is 43.0 Å². The highest BCUT2D eigenvalue weighted by Gasteiger charge is 2.41. The van der Waals surface area contributed by atoms with E-state index in [9.17, 15) is 5.48 Å². The van der Waals surface area contributed by atoms with Crippen LogP contribution in [0.3, 0.4) is 0 Å². The fourth-order valence-corrected chi connectivity index (χ4v) is 5.58. The van der Waals surface area contributed by atoms with Gasteiger partial charge in [-0.05, 0) is 75.7 Å². The normalized spacial score (nSPS) is 20.4.